The van der Waals surface area contributed by atoms with Crippen LogP contribution in [0.2, 0.25) is 0 Å². The predicted molar refractivity (Wildman–Crippen MR) is 117 cm³/mol. The number of ketones is 1. The van der Waals surface area contributed by atoms with E-state index in [9.17, 15) is 28.3 Å². The lowest BCUT2D eigenvalue weighted by Gasteiger charge is -2.48. The minimum absolute atomic E-state index is 0.0500. The van der Waals surface area contributed by atoms with Crippen molar-refractivity contribution in [1.29, 1.82) is 0 Å². The molecule has 7 nitrogen and oxygen atoms in total. The van der Waals surface area contributed by atoms with E-state index < -0.39 is 28.7 Å². The van der Waals surface area contributed by atoms with Gasteiger partial charge in [0.1, 0.15) is 22.9 Å². The maximum atomic E-state index is 13.9. The van der Waals surface area contributed by atoms with Gasteiger partial charge >= 0.3 is 0 Å². The van der Waals surface area contributed by atoms with Crippen LogP contribution in [0.3, 0.4) is 0 Å². The molecule has 2 aliphatic rings. The van der Waals surface area contributed by atoms with E-state index in [4.69, 9.17) is 0 Å². The molecule has 9 heteroatoms. The summed E-state index contributed by atoms with van der Waals surface area (Å²) in [5.41, 5.74) is -1.31. The molecule has 0 aliphatic carbocycles. The summed E-state index contributed by atoms with van der Waals surface area (Å²) in [6.45, 7) is 7.13. The molecule has 4 rings (SSSR count). The number of carbonyl (C=O) groups excluding carboxylic acids is 2. The number of Topliss-reactive ketones (excluding diaryl/α,β-unsaturated/α-hetero) is 1. The number of rotatable bonds is 4. The first-order valence-electron chi connectivity index (χ1n) is 11.1. The second-order valence-electron chi connectivity index (χ2n) is 9.31. The Hall–Kier alpha value is -3.07. The van der Waals surface area contributed by atoms with E-state index in [1.54, 1.807) is 0 Å². The molecule has 3 atom stereocenters. The molecule has 2 aromatic rings. The van der Waals surface area contributed by atoms with Gasteiger partial charge in [0.25, 0.3) is 5.91 Å². The van der Waals surface area contributed by atoms with Gasteiger partial charge in [-0.2, -0.15) is 0 Å². The number of hydrogen-bond acceptors (Lipinski definition) is 5. The molecule has 2 aliphatic heterocycles. The number of amides is 1. The zero-order chi connectivity index (χ0) is 24.0. The highest BCUT2D eigenvalue weighted by Gasteiger charge is 2.45. The summed E-state index contributed by atoms with van der Waals surface area (Å²) in [7, 11) is 0. The van der Waals surface area contributed by atoms with E-state index in [1.165, 1.54) is 16.8 Å². The van der Waals surface area contributed by atoms with Gasteiger partial charge in [0.05, 0.1) is 0 Å². The van der Waals surface area contributed by atoms with E-state index in [1.807, 2.05) is 0 Å². The second-order valence-corrected chi connectivity index (χ2v) is 9.31. The second kappa shape index (κ2) is 8.70. The minimum Gasteiger partial charge on any atom is -0.503 e. The fourth-order valence-electron chi connectivity index (χ4n) is 5.03. The van der Waals surface area contributed by atoms with Crippen LogP contribution in [-0.2, 0) is 13.1 Å². The van der Waals surface area contributed by atoms with Crippen molar-refractivity contribution in [2.75, 3.05) is 6.54 Å². The van der Waals surface area contributed by atoms with Crippen LogP contribution in [0.15, 0.2) is 29.2 Å². The van der Waals surface area contributed by atoms with E-state index in [0.717, 1.165) is 12.6 Å². The Balaban J connectivity index is 1.65. The Labute approximate surface area is 190 Å². The highest BCUT2D eigenvalue weighted by molar-refractivity contribution is 6.01. The van der Waals surface area contributed by atoms with Gasteiger partial charge in [0, 0.05) is 55.5 Å². The van der Waals surface area contributed by atoms with Gasteiger partial charge in [-0.15, -0.1) is 0 Å². The number of likely N-dealkylation sites (tertiary alicyclic amines) is 1. The standard InChI is InChI=1S/C24H27F2N3O4/c1-12(2)29-9-13(3)6-16-19(29)11-28-10-17(22(31)23(32)20(28)21(16)30)24(33)27-8-14-4-5-15(25)7-18(14)26/h4-5,7,10,12-13,16,19,32H,6,8-9,11H2,1-3H3,(H,27,33)/t13-,16?,19?/m0/s1. The summed E-state index contributed by atoms with van der Waals surface area (Å²) in [4.78, 5) is 41.0. The molecule has 1 saturated heterocycles. The molecular formula is C24H27F2N3O4. The maximum Gasteiger partial charge on any atom is 0.257 e. The Morgan fingerprint density at radius 3 is 2.64 bits per heavy atom. The van der Waals surface area contributed by atoms with Crippen LogP contribution in [0.25, 0.3) is 0 Å². The van der Waals surface area contributed by atoms with Crippen molar-refractivity contribution in [3.05, 3.63) is 63.1 Å². The lowest BCUT2D eigenvalue weighted by atomic mass is 9.77. The fraction of sp³-hybridized carbons (Fsp3) is 0.458. The van der Waals surface area contributed by atoms with Gasteiger partial charge in [0.15, 0.2) is 11.5 Å². The summed E-state index contributed by atoms with van der Waals surface area (Å²) in [6.07, 6.45) is 1.96. The number of nitrogens with one attached hydrogen (secondary N) is 1. The van der Waals surface area contributed by atoms with Crippen LogP contribution >= 0.6 is 0 Å². The van der Waals surface area contributed by atoms with Crippen molar-refractivity contribution in [3.8, 4) is 5.75 Å². The third-order valence-electron chi connectivity index (χ3n) is 6.64. The summed E-state index contributed by atoms with van der Waals surface area (Å²) < 4.78 is 28.4. The Bertz CT molecular complexity index is 1180. The number of fused-ring (bicyclic) bond motifs is 2. The van der Waals surface area contributed by atoms with Crippen LogP contribution in [0.1, 0.15) is 53.6 Å². The maximum absolute atomic E-state index is 13.9. The first-order valence-corrected chi connectivity index (χ1v) is 11.1. The van der Waals surface area contributed by atoms with Crippen molar-refractivity contribution in [1.82, 2.24) is 14.8 Å². The van der Waals surface area contributed by atoms with Gasteiger partial charge in [-0.25, -0.2) is 8.78 Å². The number of aromatic nitrogens is 1. The molecule has 1 amide bonds. The monoisotopic (exact) mass is 459 g/mol. The molecule has 2 unspecified atom stereocenters. The summed E-state index contributed by atoms with van der Waals surface area (Å²) in [5, 5.41) is 13.0. The quantitative estimate of drug-likeness (QED) is 0.734. The topological polar surface area (TPSA) is 91.6 Å². The van der Waals surface area contributed by atoms with Crippen LogP contribution in [-0.4, -0.2) is 44.9 Å². The zero-order valence-electron chi connectivity index (χ0n) is 18.8. The number of pyridine rings is 1. The average Bonchev–Trinajstić information content (AvgIpc) is 2.75. The number of aromatic hydroxyl groups is 1. The first kappa shape index (κ1) is 23.1. The minimum atomic E-state index is -0.949. The predicted octanol–water partition coefficient (Wildman–Crippen LogP) is 2.69. The number of piperidine rings is 1. The molecule has 2 N–H and O–H groups in total. The normalized spacial score (nSPS) is 22.7. The third kappa shape index (κ3) is 4.17. The van der Waals surface area contributed by atoms with Gasteiger partial charge < -0.3 is 15.0 Å². The fourth-order valence-corrected chi connectivity index (χ4v) is 5.03. The lowest BCUT2D eigenvalue weighted by molar-refractivity contribution is 0.0170. The highest BCUT2D eigenvalue weighted by atomic mass is 19.1. The van der Waals surface area contributed by atoms with E-state index >= 15 is 0 Å². The van der Waals surface area contributed by atoms with Crippen molar-refractivity contribution in [2.24, 2.45) is 11.8 Å². The number of hydrogen-bond donors (Lipinski definition) is 2. The van der Waals surface area contributed by atoms with Crippen LogP contribution in [0, 0.1) is 23.5 Å². The van der Waals surface area contributed by atoms with E-state index in [-0.39, 0.29) is 47.2 Å². The molecule has 0 radical (unpaired) electrons. The molecular weight excluding hydrogens is 432 g/mol. The summed E-state index contributed by atoms with van der Waals surface area (Å²) >= 11 is 0. The van der Waals surface area contributed by atoms with Gasteiger partial charge in [-0.1, -0.05) is 13.0 Å². The van der Waals surface area contributed by atoms with Crippen molar-refractivity contribution >= 4 is 11.7 Å². The molecule has 33 heavy (non-hydrogen) atoms. The van der Waals surface area contributed by atoms with Crippen molar-refractivity contribution < 1.29 is 23.5 Å². The van der Waals surface area contributed by atoms with Crippen LogP contribution < -0.4 is 10.7 Å². The summed E-state index contributed by atoms with van der Waals surface area (Å²) in [5.74, 6) is -3.45. The van der Waals surface area contributed by atoms with Crippen LogP contribution in [0.4, 0.5) is 8.78 Å². The van der Waals surface area contributed by atoms with Gasteiger partial charge in [-0.3, -0.25) is 19.3 Å². The lowest BCUT2D eigenvalue weighted by Crippen LogP contribution is -2.57. The number of nitrogens with zero attached hydrogens (tertiary/aromatic N) is 2. The van der Waals surface area contributed by atoms with Crippen molar-refractivity contribution in [3.63, 3.8) is 0 Å². The largest absolute Gasteiger partial charge is 0.503 e. The average molecular weight is 459 g/mol. The molecule has 0 saturated carbocycles. The van der Waals surface area contributed by atoms with Gasteiger partial charge in [0.2, 0.25) is 5.43 Å². The van der Waals surface area contributed by atoms with Gasteiger partial charge in [-0.05, 0) is 32.3 Å². The molecule has 1 aromatic carbocycles. The number of benzene rings is 1. The van der Waals surface area contributed by atoms with Crippen molar-refractivity contribution in [2.45, 2.75) is 52.4 Å². The molecule has 0 spiro atoms. The third-order valence-corrected chi connectivity index (χ3v) is 6.64. The molecule has 1 aromatic heterocycles. The first-order chi connectivity index (χ1) is 15.6. The Morgan fingerprint density at radius 2 is 1.97 bits per heavy atom. The van der Waals surface area contributed by atoms with E-state index in [0.29, 0.717) is 24.9 Å². The smallest absolute Gasteiger partial charge is 0.257 e. The molecule has 176 valence electrons. The molecule has 0 bridgehead atoms. The highest BCUT2D eigenvalue weighted by Crippen LogP contribution is 2.37. The summed E-state index contributed by atoms with van der Waals surface area (Å²) in [6, 6.07) is 3.07. The Kier molecular flexibility index (Phi) is 6.09. The molecule has 3 heterocycles. The molecule has 1 fully saturated rings. The zero-order valence-corrected chi connectivity index (χ0v) is 18.8. The number of carbonyl (C=O) groups is 2. The van der Waals surface area contributed by atoms with E-state index in [2.05, 4.69) is 31.0 Å². The number of halogens is 2. The Morgan fingerprint density at radius 1 is 1.24 bits per heavy atom. The van der Waals surface area contributed by atoms with Crippen LogP contribution in [0.5, 0.6) is 5.75 Å². The SMILES string of the molecule is CC(C)N1C[C@@H](C)CC2C(=O)c3c(O)c(=O)c(C(=O)NCc4ccc(F)cc4F)cn3CC21.